The van der Waals surface area contributed by atoms with E-state index >= 15 is 0 Å². The minimum atomic E-state index is -0.339. The van der Waals surface area contributed by atoms with Crippen LogP contribution in [0.25, 0.3) is 0 Å². The minimum absolute atomic E-state index is 0.192. The van der Waals surface area contributed by atoms with Crippen molar-refractivity contribution in [2.75, 3.05) is 10.6 Å². The van der Waals surface area contributed by atoms with Gasteiger partial charge in [0.2, 0.25) is 11.8 Å². The van der Waals surface area contributed by atoms with Gasteiger partial charge in [-0.05, 0) is 37.1 Å². The summed E-state index contributed by atoms with van der Waals surface area (Å²) in [5, 5.41) is 43.3. The monoisotopic (exact) mass is 416 g/mol. The highest BCUT2D eigenvalue weighted by Crippen LogP contribution is 2.33. The second-order valence-corrected chi connectivity index (χ2v) is 7.06. The smallest absolute Gasteiger partial charge is 0.224 e. The molecule has 6 N–H and O–H groups in total. The molecule has 2 amide bonds. The van der Waals surface area contributed by atoms with Crippen molar-refractivity contribution in [3.05, 3.63) is 36.4 Å². The van der Waals surface area contributed by atoms with Crippen molar-refractivity contribution >= 4 is 23.2 Å². The van der Waals surface area contributed by atoms with Crippen molar-refractivity contribution < 1.29 is 30.0 Å². The molecule has 0 radical (unpaired) electrons. The average Bonchev–Trinajstić information content (AvgIpc) is 2.71. The first-order chi connectivity index (χ1) is 14.4. The van der Waals surface area contributed by atoms with Crippen molar-refractivity contribution in [3.8, 4) is 23.0 Å². The van der Waals surface area contributed by atoms with E-state index in [0.29, 0.717) is 25.7 Å². The molecule has 2 aromatic rings. The van der Waals surface area contributed by atoms with Crippen LogP contribution in [0.3, 0.4) is 0 Å². The summed E-state index contributed by atoms with van der Waals surface area (Å²) in [4.78, 5) is 23.8. The van der Waals surface area contributed by atoms with E-state index in [0.717, 1.165) is 25.7 Å². The molecule has 2 rings (SSSR count). The number of carbonyl (C=O) groups excluding carboxylic acids is 2. The SMILES string of the molecule is O=C(CCCCCCCCC(=O)Nc1cccc(O)c1O)Nc1cccc(O)c1O. The fourth-order valence-electron chi connectivity index (χ4n) is 2.97. The Morgan fingerprint density at radius 1 is 0.600 bits per heavy atom. The molecule has 0 unspecified atom stereocenters. The van der Waals surface area contributed by atoms with E-state index in [1.165, 1.54) is 36.4 Å². The lowest BCUT2D eigenvalue weighted by Crippen LogP contribution is -2.11. The molecule has 0 aliphatic heterocycles. The first-order valence-corrected chi connectivity index (χ1v) is 10.00. The molecule has 0 aliphatic rings. The molecule has 0 atom stereocenters. The van der Waals surface area contributed by atoms with Crippen LogP contribution in [-0.4, -0.2) is 32.2 Å². The van der Waals surface area contributed by atoms with Gasteiger partial charge < -0.3 is 31.1 Å². The lowest BCUT2D eigenvalue weighted by molar-refractivity contribution is -0.117. The summed E-state index contributed by atoms with van der Waals surface area (Å²) in [6.07, 6.45) is 5.71. The number of phenols is 4. The molecule has 0 aliphatic carbocycles. The number of carbonyl (C=O) groups is 2. The maximum Gasteiger partial charge on any atom is 0.224 e. The number of hydrogen-bond acceptors (Lipinski definition) is 6. The number of benzene rings is 2. The van der Waals surface area contributed by atoms with E-state index in [2.05, 4.69) is 10.6 Å². The molecule has 0 bridgehead atoms. The number of amides is 2. The van der Waals surface area contributed by atoms with Crippen molar-refractivity contribution in [1.82, 2.24) is 0 Å². The lowest BCUT2D eigenvalue weighted by atomic mass is 10.1. The maximum absolute atomic E-state index is 11.9. The van der Waals surface area contributed by atoms with Crippen LogP contribution < -0.4 is 10.6 Å². The zero-order valence-corrected chi connectivity index (χ0v) is 16.7. The van der Waals surface area contributed by atoms with Crippen molar-refractivity contribution in [3.63, 3.8) is 0 Å². The summed E-state index contributed by atoms with van der Waals surface area (Å²) in [6.45, 7) is 0. The number of nitrogens with one attached hydrogen (secondary N) is 2. The minimum Gasteiger partial charge on any atom is -0.504 e. The van der Waals surface area contributed by atoms with Crippen LogP contribution in [0.5, 0.6) is 23.0 Å². The van der Waals surface area contributed by atoms with Gasteiger partial charge in [0, 0.05) is 12.8 Å². The Bertz CT molecular complexity index is 797. The molecule has 0 spiro atoms. The first kappa shape index (κ1) is 22.9. The summed E-state index contributed by atoms with van der Waals surface area (Å²) in [5.41, 5.74) is 0.384. The van der Waals surface area contributed by atoms with Gasteiger partial charge in [-0.25, -0.2) is 0 Å². The van der Waals surface area contributed by atoms with Crippen LogP contribution in [0.15, 0.2) is 36.4 Å². The van der Waals surface area contributed by atoms with Gasteiger partial charge in [0.15, 0.2) is 23.0 Å². The van der Waals surface area contributed by atoms with Gasteiger partial charge in [0.05, 0.1) is 11.4 Å². The van der Waals surface area contributed by atoms with E-state index in [9.17, 15) is 30.0 Å². The standard InChI is InChI=1S/C22H28N2O6/c25-17-11-7-9-15(21(17)29)23-19(27)13-5-3-1-2-4-6-14-20(28)24-16-10-8-12-18(26)22(16)30/h7-12,25-26,29-30H,1-6,13-14H2,(H,23,27)(H,24,28). The van der Waals surface area contributed by atoms with Crippen LogP contribution in [0, 0.1) is 0 Å². The Labute approximate surface area is 175 Å². The van der Waals surface area contributed by atoms with E-state index in [4.69, 9.17) is 0 Å². The molecule has 2 aromatic carbocycles. The first-order valence-electron chi connectivity index (χ1n) is 10.00. The molecule has 0 fully saturated rings. The molecule has 0 heterocycles. The Balaban J connectivity index is 1.52. The molecule has 8 heteroatoms. The van der Waals surface area contributed by atoms with Gasteiger partial charge in [-0.3, -0.25) is 9.59 Å². The molecular weight excluding hydrogens is 388 g/mol. The zero-order chi connectivity index (χ0) is 21.9. The number of aromatic hydroxyl groups is 4. The number of para-hydroxylation sites is 2. The maximum atomic E-state index is 11.9. The summed E-state index contributed by atoms with van der Waals surface area (Å²) < 4.78 is 0. The quantitative estimate of drug-likeness (QED) is 0.240. The average molecular weight is 416 g/mol. The fraction of sp³-hybridized carbons (Fsp3) is 0.364. The van der Waals surface area contributed by atoms with Gasteiger partial charge in [-0.1, -0.05) is 37.8 Å². The number of rotatable bonds is 11. The highest BCUT2D eigenvalue weighted by Gasteiger charge is 2.10. The lowest BCUT2D eigenvalue weighted by Gasteiger charge is -2.08. The molecular formula is C22H28N2O6. The Hall–Kier alpha value is -3.42. The summed E-state index contributed by atoms with van der Waals surface area (Å²) in [6, 6.07) is 8.79. The summed E-state index contributed by atoms with van der Waals surface area (Å²) in [7, 11) is 0. The Kier molecular flexibility index (Phi) is 8.80. The van der Waals surface area contributed by atoms with Gasteiger partial charge in [0.1, 0.15) is 0 Å². The van der Waals surface area contributed by atoms with E-state index in [1.54, 1.807) is 0 Å². The second kappa shape index (κ2) is 11.5. The Morgan fingerprint density at radius 2 is 0.967 bits per heavy atom. The predicted molar refractivity (Wildman–Crippen MR) is 114 cm³/mol. The molecule has 0 saturated carbocycles. The van der Waals surface area contributed by atoms with Crippen LogP contribution in [-0.2, 0) is 9.59 Å². The second-order valence-electron chi connectivity index (χ2n) is 7.06. The third kappa shape index (κ3) is 7.20. The summed E-state index contributed by atoms with van der Waals surface area (Å²) >= 11 is 0. The normalized spacial score (nSPS) is 10.5. The molecule has 30 heavy (non-hydrogen) atoms. The largest absolute Gasteiger partial charge is 0.504 e. The topological polar surface area (TPSA) is 139 Å². The highest BCUT2D eigenvalue weighted by atomic mass is 16.3. The fourth-order valence-corrected chi connectivity index (χ4v) is 2.97. The molecule has 0 aromatic heterocycles. The zero-order valence-electron chi connectivity index (χ0n) is 16.7. The van der Waals surface area contributed by atoms with Gasteiger partial charge >= 0.3 is 0 Å². The van der Waals surface area contributed by atoms with E-state index in [1.807, 2.05) is 0 Å². The number of anilines is 2. The van der Waals surface area contributed by atoms with Gasteiger partial charge in [-0.15, -0.1) is 0 Å². The van der Waals surface area contributed by atoms with Crippen molar-refractivity contribution in [2.24, 2.45) is 0 Å². The number of phenolic OH excluding ortho intramolecular Hbond substituents is 4. The van der Waals surface area contributed by atoms with E-state index < -0.39 is 0 Å². The Morgan fingerprint density at radius 3 is 1.37 bits per heavy atom. The van der Waals surface area contributed by atoms with Crippen LogP contribution in [0.2, 0.25) is 0 Å². The third-order valence-corrected chi connectivity index (χ3v) is 4.64. The van der Waals surface area contributed by atoms with E-state index in [-0.39, 0.29) is 46.2 Å². The number of hydrogen-bond donors (Lipinski definition) is 6. The molecule has 162 valence electrons. The van der Waals surface area contributed by atoms with Gasteiger partial charge in [0.25, 0.3) is 0 Å². The summed E-state index contributed by atoms with van der Waals surface area (Å²) in [5.74, 6) is -1.67. The molecule has 8 nitrogen and oxygen atoms in total. The predicted octanol–water partition coefficient (Wildman–Crippen LogP) is 4.21. The third-order valence-electron chi connectivity index (χ3n) is 4.64. The van der Waals surface area contributed by atoms with Crippen LogP contribution in [0.1, 0.15) is 51.4 Å². The molecule has 0 saturated heterocycles. The van der Waals surface area contributed by atoms with Crippen LogP contribution >= 0.6 is 0 Å². The number of unbranched alkanes of at least 4 members (excludes halogenated alkanes) is 5. The van der Waals surface area contributed by atoms with Crippen molar-refractivity contribution in [2.45, 2.75) is 51.4 Å². The van der Waals surface area contributed by atoms with Gasteiger partial charge in [-0.2, -0.15) is 0 Å². The van der Waals surface area contributed by atoms with Crippen molar-refractivity contribution in [1.29, 1.82) is 0 Å². The van der Waals surface area contributed by atoms with Crippen LogP contribution in [0.4, 0.5) is 11.4 Å². The highest BCUT2D eigenvalue weighted by molar-refractivity contribution is 5.93.